The van der Waals surface area contributed by atoms with Crippen molar-refractivity contribution >= 4 is 65.3 Å². The van der Waals surface area contributed by atoms with Crippen LogP contribution in [0.1, 0.15) is 43.2 Å². The highest BCUT2D eigenvalue weighted by atomic mass is 16.3. The molecule has 0 atom stereocenters. The molecule has 0 amide bonds. The summed E-state index contributed by atoms with van der Waals surface area (Å²) in [5.74, 6) is 3.15. The molecule has 5 aliphatic carbocycles. The predicted octanol–water partition coefficient (Wildman–Crippen LogP) is 15.7. The summed E-state index contributed by atoms with van der Waals surface area (Å²) in [4.78, 5) is 10.9. The summed E-state index contributed by atoms with van der Waals surface area (Å²) in [5.41, 5.74) is 14.9. The van der Waals surface area contributed by atoms with Crippen LogP contribution in [0.2, 0.25) is 0 Å². The number of aromatic nitrogens is 2. The Morgan fingerprint density at radius 3 is 1.78 bits per heavy atom. The normalized spacial score (nSPS) is 22.0. The van der Waals surface area contributed by atoms with Crippen LogP contribution in [0.25, 0.3) is 110 Å². The van der Waals surface area contributed by atoms with Crippen molar-refractivity contribution in [2.75, 3.05) is 0 Å². The van der Waals surface area contributed by atoms with E-state index in [-0.39, 0.29) is 5.41 Å². The van der Waals surface area contributed by atoms with Gasteiger partial charge in [0, 0.05) is 21.9 Å². The number of hydrogen-bond donors (Lipinski definition) is 0. The molecule has 4 bridgehead atoms. The Labute approximate surface area is 365 Å². The van der Waals surface area contributed by atoms with Gasteiger partial charge in [0.05, 0.1) is 11.1 Å². The molecule has 16 rings (SSSR count). The topological polar surface area (TPSA) is 38.9 Å². The summed E-state index contributed by atoms with van der Waals surface area (Å²) in [5, 5.41) is 10.8. The minimum absolute atomic E-state index is 0.0500. The third-order valence-electron chi connectivity index (χ3n) is 16.2. The van der Waals surface area contributed by atoms with Crippen molar-refractivity contribution in [3.8, 4) is 44.8 Å². The lowest BCUT2D eigenvalue weighted by atomic mass is 9.42. The molecule has 9 aromatic carbocycles. The smallest absolute Gasteiger partial charge is 0.246 e. The summed E-state index contributed by atoms with van der Waals surface area (Å²) in [7, 11) is 0. The Morgan fingerprint density at radius 1 is 0.413 bits per heavy atom. The molecule has 0 saturated heterocycles. The molecule has 1 spiro atoms. The second-order valence-corrected chi connectivity index (χ2v) is 19.2. The van der Waals surface area contributed by atoms with E-state index in [1.54, 1.807) is 11.1 Å². The zero-order valence-corrected chi connectivity index (χ0v) is 34.8. The number of nitrogens with zero attached hydrogens (tertiary/aromatic N) is 2. The van der Waals surface area contributed by atoms with Crippen LogP contribution >= 0.6 is 0 Å². The molecule has 2 aromatic heterocycles. The summed E-state index contributed by atoms with van der Waals surface area (Å²) >= 11 is 0. The molecule has 0 radical (unpaired) electrons. The molecule has 63 heavy (non-hydrogen) atoms. The standard InChI is InChI=1S/C60H42N2O/c1-2-12-37(13-3-1)55-56(61-57-52-48-17-8-6-15-46(48)47-16-7-9-18-51(47)58(52)63-59(57)62-55)41-24-22-38-32-40(23-21-39(38)33-41)45-19-10-20-49-50-26-25-36-11-4-5-14-44(36)53(50)60(54(45)49)42-28-34-27-35(30-42)31-43(60)29-34/h1-26,32-35,42-43H,27-31H2. The molecule has 4 fully saturated rings. The van der Waals surface area contributed by atoms with Gasteiger partial charge in [0.25, 0.3) is 0 Å². The third kappa shape index (κ3) is 4.59. The van der Waals surface area contributed by atoms with Crippen LogP contribution in [-0.4, -0.2) is 9.97 Å². The Morgan fingerprint density at radius 2 is 1.00 bits per heavy atom. The van der Waals surface area contributed by atoms with Crippen LogP contribution < -0.4 is 0 Å². The fourth-order valence-corrected chi connectivity index (χ4v) is 14.0. The molecular formula is C60H42N2O. The Hall–Kier alpha value is -7.10. The molecule has 11 aromatic rings. The average molecular weight is 807 g/mol. The van der Waals surface area contributed by atoms with Crippen molar-refractivity contribution in [3.63, 3.8) is 0 Å². The van der Waals surface area contributed by atoms with Crippen LogP contribution in [0.3, 0.4) is 0 Å². The Bertz CT molecular complexity index is 3740. The van der Waals surface area contributed by atoms with Gasteiger partial charge in [-0.1, -0.05) is 158 Å². The summed E-state index contributed by atoms with van der Waals surface area (Å²) < 4.78 is 6.72. The van der Waals surface area contributed by atoms with Gasteiger partial charge in [-0.15, -0.1) is 0 Å². The van der Waals surface area contributed by atoms with Crippen LogP contribution in [0, 0.1) is 23.7 Å². The van der Waals surface area contributed by atoms with Crippen molar-refractivity contribution in [2.45, 2.75) is 37.5 Å². The van der Waals surface area contributed by atoms with Gasteiger partial charge in [0.15, 0.2) is 0 Å². The lowest BCUT2D eigenvalue weighted by Crippen LogP contribution is -2.55. The average Bonchev–Trinajstić information content (AvgIpc) is 3.87. The zero-order valence-electron chi connectivity index (χ0n) is 34.8. The maximum atomic E-state index is 6.72. The monoisotopic (exact) mass is 806 g/mol. The van der Waals surface area contributed by atoms with Gasteiger partial charge >= 0.3 is 0 Å². The third-order valence-corrected chi connectivity index (χ3v) is 16.2. The number of benzene rings is 9. The first kappa shape index (κ1) is 34.5. The Balaban J connectivity index is 0.919. The minimum Gasteiger partial charge on any atom is -0.436 e. The van der Waals surface area contributed by atoms with E-state index < -0.39 is 0 Å². The van der Waals surface area contributed by atoms with Crippen LogP contribution in [0.4, 0.5) is 0 Å². The highest BCUT2D eigenvalue weighted by Crippen LogP contribution is 2.71. The molecule has 5 aliphatic rings. The lowest BCUT2D eigenvalue weighted by molar-refractivity contribution is -0.0391. The van der Waals surface area contributed by atoms with E-state index in [4.69, 9.17) is 14.4 Å². The van der Waals surface area contributed by atoms with Gasteiger partial charge in [-0.2, -0.15) is 0 Å². The highest BCUT2D eigenvalue weighted by molar-refractivity contribution is 6.29. The van der Waals surface area contributed by atoms with Crippen molar-refractivity contribution in [1.29, 1.82) is 0 Å². The SMILES string of the molecule is c1ccc(-c2nc3oc4c5ccccc5c5ccccc5c4c3nc2-c2ccc3cc(-c4cccc5c4C4(c6c-5ccc5ccccc65)C5CC6CC(C5)CC4C6)ccc3c2)cc1. The zero-order chi connectivity index (χ0) is 41.0. The fourth-order valence-electron chi connectivity index (χ4n) is 14.0. The molecule has 2 heterocycles. The second-order valence-electron chi connectivity index (χ2n) is 19.2. The first-order chi connectivity index (χ1) is 31.2. The summed E-state index contributed by atoms with van der Waals surface area (Å²) in [6.07, 6.45) is 6.91. The van der Waals surface area contributed by atoms with Crippen molar-refractivity contribution < 1.29 is 4.42 Å². The first-order valence-electron chi connectivity index (χ1n) is 23.0. The van der Waals surface area contributed by atoms with Gasteiger partial charge in [0.1, 0.15) is 16.8 Å². The largest absolute Gasteiger partial charge is 0.436 e. The van der Waals surface area contributed by atoms with Crippen molar-refractivity contribution in [2.24, 2.45) is 23.7 Å². The van der Waals surface area contributed by atoms with E-state index in [0.29, 0.717) is 17.5 Å². The second kappa shape index (κ2) is 12.5. The van der Waals surface area contributed by atoms with Crippen LogP contribution in [0.15, 0.2) is 174 Å². The van der Waals surface area contributed by atoms with E-state index in [1.807, 2.05) is 0 Å². The quantitative estimate of drug-likeness (QED) is 0.167. The predicted molar refractivity (Wildman–Crippen MR) is 259 cm³/mol. The molecule has 0 N–H and O–H groups in total. The van der Waals surface area contributed by atoms with Crippen LogP contribution in [0.5, 0.6) is 0 Å². The Kier molecular flexibility index (Phi) is 6.85. The highest BCUT2D eigenvalue weighted by Gasteiger charge is 2.62. The molecule has 3 heteroatoms. The number of fused-ring (bicyclic) bond motifs is 14. The maximum absolute atomic E-state index is 6.72. The van der Waals surface area contributed by atoms with Gasteiger partial charge in [-0.25, -0.2) is 9.97 Å². The van der Waals surface area contributed by atoms with Gasteiger partial charge in [-0.05, 0) is 139 Å². The number of hydrogen-bond acceptors (Lipinski definition) is 3. The first-order valence-corrected chi connectivity index (χ1v) is 23.0. The van der Waals surface area contributed by atoms with Gasteiger partial charge in [0.2, 0.25) is 5.71 Å². The molecule has 4 saturated carbocycles. The molecule has 0 aliphatic heterocycles. The van der Waals surface area contributed by atoms with Gasteiger partial charge < -0.3 is 4.42 Å². The lowest BCUT2D eigenvalue weighted by Gasteiger charge is -2.61. The van der Waals surface area contributed by atoms with E-state index in [1.165, 1.54) is 86.7 Å². The van der Waals surface area contributed by atoms with Crippen molar-refractivity contribution in [1.82, 2.24) is 9.97 Å². The molecule has 0 unspecified atom stereocenters. The number of rotatable bonds is 3. The van der Waals surface area contributed by atoms with E-state index in [2.05, 4.69) is 170 Å². The summed E-state index contributed by atoms with van der Waals surface area (Å²) in [6, 6.07) is 62.9. The van der Waals surface area contributed by atoms with E-state index in [0.717, 1.165) is 61.6 Å². The fraction of sp³-hybridized carbons (Fsp3) is 0.167. The van der Waals surface area contributed by atoms with E-state index in [9.17, 15) is 0 Å². The molecule has 3 nitrogen and oxygen atoms in total. The minimum atomic E-state index is 0.0500. The van der Waals surface area contributed by atoms with E-state index >= 15 is 0 Å². The number of furan rings is 1. The maximum Gasteiger partial charge on any atom is 0.246 e. The summed E-state index contributed by atoms with van der Waals surface area (Å²) in [6.45, 7) is 0. The van der Waals surface area contributed by atoms with Gasteiger partial charge in [-0.3, -0.25) is 0 Å². The van der Waals surface area contributed by atoms with Crippen molar-refractivity contribution in [3.05, 3.63) is 181 Å². The van der Waals surface area contributed by atoms with Crippen LogP contribution in [-0.2, 0) is 5.41 Å². The molecule has 298 valence electrons. The molecular weight excluding hydrogens is 765 g/mol.